The topological polar surface area (TPSA) is 90.7 Å². The molecule has 0 saturated carbocycles. The van der Waals surface area contributed by atoms with Crippen LogP contribution < -0.4 is 5.56 Å². The second-order valence-corrected chi connectivity index (χ2v) is 4.66. The van der Waals surface area contributed by atoms with E-state index in [1.54, 1.807) is 31.2 Å². The monoisotopic (exact) mass is 302 g/mol. The zero-order valence-corrected chi connectivity index (χ0v) is 11.9. The Balaban J connectivity index is 2.24. The van der Waals surface area contributed by atoms with Gasteiger partial charge in [0, 0.05) is 0 Å². The second-order valence-electron chi connectivity index (χ2n) is 4.66. The largest absolute Gasteiger partial charge is 0.499 e. The fourth-order valence-corrected chi connectivity index (χ4v) is 2.32. The molecule has 0 bridgehead atoms. The van der Waals surface area contributed by atoms with Crippen molar-refractivity contribution in [2.45, 2.75) is 13.5 Å². The van der Waals surface area contributed by atoms with Gasteiger partial charge in [-0.05, 0) is 19.1 Å². The fourth-order valence-electron chi connectivity index (χ4n) is 2.32. The molecule has 0 fully saturated rings. The van der Waals surface area contributed by atoms with E-state index in [0.717, 1.165) is 0 Å². The van der Waals surface area contributed by atoms with Crippen LogP contribution in [0.15, 0.2) is 34.8 Å². The van der Waals surface area contributed by atoms with Gasteiger partial charge in [0.15, 0.2) is 5.82 Å². The molecule has 0 amide bonds. The average Bonchev–Trinajstić information content (AvgIpc) is 2.54. The van der Waals surface area contributed by atoms with Gasteiger partial charge in [0.25, 0.3) is 5.56 Å². The quantitative estimate of drug-likeness (QED) is 0.509. The minimum Gasteiger partial charge on any atom is -0.499 e. The molecular weight excluding hydrogens is 288 g/mol. The third-order valence-electron chi connectivity index (χ3n) is 3.31. The van der Waals surface area contributed by atoms with Crippen LogP contribution in [-0.2, 0) is 20.8 Å². The molecule has 0 unspecified atom stereocenters. The van der Waals surface area contributed by atoms with Crippen LogP contribution in [-0.4, -0.2) is 33.8 Å². The van der Waals surface area contributed by atoms with E-state index in [2.05, 4.69) is 4.98 Å². The predicted molar refractivity (Wildman–Crippen MR) is 78.1 cm³/mol. The molecule has 0 spiro atoms. The van der Waals surface area contributed by atoms with Crippen LogP contribution >= 0.6 is 0 Å². The van der Waals surface area contributed by atoms with Crippen molar-refractivity contribution in [2.75, 3.05) is 13.2 Å². The summed E-state index contributed by atoms with van der Waals surface area (Å²) in [6.45, 7) is 2.20. The van der Waals surface area contributed by atoms with Crippen molar-refractivity contribution in [3.63, 3.8) is 0 Å². The molecule has 22 heavy (non-hydrogen) atoms. The summed E-state index contributed by atoms with van der Waals surface area (Å²) in [7, 11) is 0. The van der Waals surface area contributed by atoms with Crippen molar-refractivity contribution < 1.29 is 19.4 Å². The van der Waals surface area contributed by atoms with Crippen molar-refractivity contribution in [2.24, 2.45) is 0 Å². The maximum atomic E-state index is 12.5. The summed E-state index contributed by atoms with van der Waals surface area (Å²) in [4.78, 5) is 28.5. The number of carbonyl (C=O) groups is 1. The predicted octanol–water partition coefficient (Wildman–Crippen LogP) is 1.22. The van der Waals surface area contributed by atoms with Gasteiger partial charge in [0.1, 0.15) is 6.61 Å². The number of para-hydroxylation sites is 1. The van der Waals surface area contributed by atoms with E-state index >= 15 is 0 Å². The molecule has 1 aliphatic rings. The standard InChI is InChI=1S/C15H14N2O5/c1-2-21-15(20)11(18)12-13-16-10-6-4-3-5-9(10)14(19)17(13)7-8-22-12/h3-6,18H,2,7-8H2,1H3/b12-11-. The Hall–Kier alpha value is -2.83. The summed E-state index contributed by atoms with van der Waals surface area (Å²) in [5, 5.41) is 10.5. The van der Waals surface area contributed by atoms with Crippen molar-refractivity contribution >= 4 is 22.6 Å². The summed E-state index contributed by atoms with van der Waals surface area (Å²) >= 11 is 0. The number of aromatic nitrogens is 2. The first-order valence-corrected chi connectivity index (χ1v) is 6.86. The van der Waals surface area contributed by atoms with Gasteiger partial charge in [-0.3, -0.25) is 9.36 Å². The Bertz CT molecular complexity index is 837. The number of benzene rings is 1. The molecule has 0 radical (unpaired) electrons. The van der Waals surface area contributed by atoms with Gasteiger partial charge in [-0.25, -0.2) is 9.78 Å². The highest BCUT2D eigenvalue weighted by Crippen LogP contribution is 2.23. The summed E-state index contributed by atoms with van der Waals surface area (Å²) in [6.07, 6.45) is 0. The molecule has 1 N–H and O–H groups in total. The molecule has 7 heteroatoms. The van der Waals surface area contributed by atoms with Crippen LogP contribution in [0.5, 0.6) is 0 Å². The number of carbonyl (C=O) groups excluding carboxylic acids is 1. The van der Waals surface area contributed by atoms with Crippen molar-refractivity contribution in [3.05, 3.63) is 46.2 Å². The van der Waals surface area contributed by atoms with E-state index in [1.165, 1.54) is 4.57 Å². The lowest BCUT2D eigenvalue weighted by molar-refractivity contribution is -0.141. The average molecular weight is 302 g/mol. The number of rotatable bonds is 2. The first-order valence-electron chi connectivity index (χ1n) is 6.86. The Kier molecular flexibility index (Phi) is 3.54. The number of fused-ring (bicyclic) bond motifs is 2. The van der Waals surface area contributed by atoms with Crippen molar-refractivity contribution in [1.82, 2.24) is 9.55 Å². The van der Waals surface area contributed by atoms with Crippen molar-refractivity contribution in [1.29, 1.82) is 0 Å². The second kappa shape index (κ2) is 5.51. The molecule has 0 atom stereocenters. The van der Waals surface area contributed by atoms with Crippen LogP contribution in [0.1, 0.15) is 12.7 Å². The van der Waals surface area contributed by atoms with E-state index in [-0.39, 0.29) is 30.4 Å². The number of aliphatic hydroxyl groups excluding tert-OH is 1. The number of hydrogen-bond donors (Lipinski definition) is 1. The van der Waals surface area contributed by atoms with E-state index in [0.29, 0.717) is 17.4 Å². The van der Waals surface area contributed by atoms with Gasteiger partial charge in [0.05, 0.1) is 24.1 Å². The van der Waals surface area contributed by atoms with Crippen molar-refractivity contribution in [3.8, 4) is 0 Å². The molecule has 2 aromatic rings. The molecule has 2 heterocycles. The third kappa shape index (κ3) is 2.20. The zero-order chi connectivity index (χ0) is 15.7. The Morgan fingerprint density at radius 2 is 2.23 bits per heavy atom. The lowest BCUT2D eigenvalue weighted by atomic mass is 10.2. The number of hydrogen-bond acceptors (Lipinski definition) is 6. The Morgan fingerprint density at radius 3 is 3.00 bits per heavy atom. The summed E-state index contributed by atoms with van der Waals surface area (Å²) in [6, 6.07) is 6.88. The van der Waals surface area contributed by atoms with Gasteiger partial charge >= 0.3 is 5.97 Å². The van der Waals surface area contributed by atoms with Gasteiger partial charge < -0.3 is 14.6 Å². The normalized spacial score (nSPS) is 15.9. The van der Waals surface area contributed by atoms with Crippen LogP contribution in [0.25, 0.3) is 16.7 Å². The Labute approximate surface area is 125 Å². The van der Waals surface area contributed by atoms with Crippen LogP contribution in [0.2, 0.25) is 0 Å². The Morgan fingerprint density at radius 1 is 1.45 bits per heavy atom. The molecule has 3 rings (SSSR count). The molecule has 1 aliphatic heterocycles. The number of esters is 1. The fraction of sp³-hybridized carbons (Fsp3) is 0.267. The van der Waals surface area contributed by atoms with E-state index in [1.807, 2.05) is 0 Å². The molecule has 7 nitrogen and oxygen atoms in total. The number of nitrogens with zero attached hydrogens (tertiary/aromatic N) is 2. The highest BCUT2D eigenvalue weighted by atomic mass is 16.5. The molecule has 0 aliphatic carbocycles. The zero-order valence-electron chi connectivity index (χ0n) is 11.9. The smallest absolute Gasteiger partial charge is 0.377 e. The lowest BCUT2D eigenvalue weighted by Gasteiger charge is -2.22. The van der Waals surface area contributed by atoms with Gasteiger partial charge in [-0.1, -0.05) is 12.1 Å². The lowest BCUT2D eigenvalue weighted by Crippen LogP contribution is -2.31. The first-order chi connectivity index (χ1) is 10.6. The van der Waals surface area contributed by atoms with E-state index < -0.39 is 11.7 Å². The summed E-state index contributed by atoms with van der Waals surface area (Å²) in [5.41, 5.74) is 0.233. The van der Waals surface area contributed by atoms with Gasteiger partial charge in [-0.15, -0.1) is 0 Å². The van der Waals surface area contributed by atoms with Gasteiger partial charge in [0.2, 0.25) is 11.5 Å². The highest BCUT2D eigenvalue weighted by Gasteiger charge is 2.27. The number of ether oxygens (including phenoxy) is 2. The van der Waals surface area contributed by atoms with Crippen LogP contribution in [0, 0.1) is 0 Å². The number of aliphatic hydroxyl groups is 1. The maximum Gasteiger partial charge on any atom is 0.377 e. The SMILES string of the molecule is CCOC(=O)/C(O)=C1/OCCn2c1nc1ccccc1c2=O. The molecular formula is C15H14N2O5. The molecule has 0 saturated heterocycles. The molecule has 114 valence electrons. The first kappa shape index (κ1) is 14.1. The molecule has 1 aromatic heterocycles. The third-order valence-corrected chi connectivity index (χ3v) is 3.31. The maximum absolute atomic E-state index is 12.5. The minimum absolute atomic E-state index is 0.119. The van der Waals surface area contributed by atoms with E-state index in [4.69, 9.17) is 9.47 Å². The van der Waals surface area contributed by atoms with E-state index in [9.17, 15) is 14.7 Å². The summed E-state index contributed by atoms with van der Waals surface area (Å²) < 4.78 is 11.5. The van der Waals surface area contributed by atoms with Crippen LogP contribution in [0.3, 0.4) is 0 Å². The summed E-state index contributed by atoms with van der Waals surface area (Å²) in [5.74, 6) is -1.60. The van der Waals surface area contributed by atoms with Gasteiger partial charge in [-0.2, -0.15) is 0 Å². The highest BCUT2D eigenvalue weighted by molar-refractivity contribution is 5.93. The molecule has 1 aromatic carbocycles. The minimum atomic E-state index is -0.909. The van der Waals surface area contributed by atoms with Crippen LogP contribution in [0.4, 0.5) is 0 Å².